The van der Waals surface area contributed by atoms with Crippen LogP contribution in [0.4, 0.5) is 11.5 Å². The third-order valence-corrected chi connectivity index (χ3v) is 4.72. The molecule has 0 spiro atoms. The SMILES string of the molecule is Cc1ccccc1-c1nc(C)c(C(=O)Nc2ccc(N3CCOCC3)nc2)o1. The standard InChI is InChI=1S/C21H22N4O3/c1-14-5-3-4-6-17(14)21-23-15(2)19(28-21)20(26)24-16-7-8-18(22-13-16)25-9-11-27-12-10-25/h3-8,13H,9-12H2,1-2H3,(H,24,26). The predicted molar refractivity (Wildman–Crippen MR) is 107 cm³/mol. The number of carbonyl (C=O) groups is 1. The fraction of sp³-hybridized carbons (Fsp3) is 0.286. The number of oxazole rings is 1. The number of aromatic nitrogens is 2. The lowest BCUT2D eigenvalue weighted by atomic mass is 10.1. The van der Waals surface area contributed by atoms with Gasteiger partial charge in [0.1, 0.15) is 5.82 Å². The number of amides is 1. The van der Waals surface area contributed by atoms with Gasteiger partial charge in [-0.3, -0.25) is 4.79 Å². The summed E-state index contributed by atoms with van der Waals surface area (Å²) in [6, 6.07) is 11.5. The van der Waals surface area contributed by atoms with E-state index in [1.165, 1.54) is 0 Å². The average molecular weight is 378 g/mol. The van der Waals surface area contributed by atoms with Crippen molar-refractivity contribution in [3.63, 3.8) is 0 Å². The smallest absolute Gasteiger partial charge is 0.293 e. The van der Waals surface area contributed by atoms with Crippen molar-refractivity contribution in [1.82, 2.24) is 9.97 Å². The third-order valence-electron chi connectivity index (χ3n) is 4.72. The summed E-state index contributed by atoms with van der Waals surface area (Å²) >= 11 is 0. The first-order valence-electron chi connectivity index (χ1n) is 9.25. The highest BCUT2D eigenvalue weighted by atomic mass is 16.5. The van der Waals surface area contributed by atoms with Crippen molar-refractivity contribution < 1.29 is 13.9 Å². The van der Waals surface area contributed by atoms with Crippen molar-refractivity contribution >= 4 is 17.4 Å². The number of hydrogen-bond donors (Lipinski definition) is 1. The Morgan fingerprint density at radius 2 is 1.89 bits per heavy atom. The second kappa shape index (κ2) is 7.82. The van der Waals surface area contributed by atoms with E-state index in [9.17, 15) is 4.79 Å². The van der Waals surface area contributed by atoms with Crippen LogP contribution in [0.2, 0.25) is 0 Å². The molecule has 28 heavy (non-hydrogen) atoms. The molecule has 1 amide bonds. The number of nitrogens with zero attached hydrogens (tertiary/aromatic N) is 3. The van der Waals surface area contributed by atoms with Crippen LogP contribution < -0.4 is 10.2 Å². The van der Waals surface area contributed by atoms with E-state index >= 15 is 0 Å². The maximum Gasteiger partial charge on any atom is 0.293 e. The van der Waals surface area contributed by atoms with Gasteiger partial charge >= 0.3 is 0 Å². The number of hydrogen-bond acceptors (Lipinski definition) is 6. The van der Waals surface area contributed by atoms with Crippen molar-refractivity contribution in [3.8, 4) is 11.5 Å². The molecule has 1 N–H and O–H groups in total. The number of pyridine rings is 1. The summed E-state index contributed by atoms with van der Waals surface area (Å²) in [5.74, 6) is 1.18. The fourth-order valence-corrected chi connectivity index (χ4v) is 3.16. The van der Waals surface area contributed by atoms with E-state index in [2.05, 4.69) is 20.2 Å². The molecule has 7 nitrogen and oxygen atoms in total. The molecule has 1 saturated heterocycles. The number of nitrogens with one attached hydrogen (secondary N) is 1. The molecule has 3 aromatic rings. The Labute approximate surface area is 163 Å². The van der Waals surface area contributed by atoms with Gasteiger partial charge in [0.15, 0.2) is 0 Å². The van der Waals surface area contributed by atoms with E-state index in [0.717, 1.165) is 30.0 Å². The third kappa shape index (κ3) is 3.75. The van der Waals surface area contributed by atoms with Crippen molar-refractivity contribution in [2.75, 3.05) is 36.5 Å². The van der Waals surface area contributed by atoms with Crippen molar-refractivity contribution in [2.45, 2.75) is 13.8 Å². The van der Waals surface area contributed by atoms with Gasteiger partial charge in [0.25, 0.3) is 5.91 Å². The summed E-state index contributed by atoms with van der Waals surface area (Å²) in [6.45, 7) is 6.79. The molecule has 4 rings (SSSR count). The van der Waals surface area contributed by atoms with Gasteiger partial charge in [-0.2, -0.15) is 0 Å². The summed E-state index contributed by atoms with van der Waals surface area (Å²) in [4.78, 5) is 23.7. The normalized spacial score (nSPS) is 14.1. The van der Waals surface area contributed by atoms with Crippen LogP contribution in [0.1, 0.15) is 21.8 Å². The molecule has 1 fully saturated rings. The second-order valence-corrected chi connectivity index (χ2v) is 6.71. The molecule has 0 radical (unpaired) electrons. The topological polar surface area (TPSA) is 80.5 Å². The maximum absolute atomic E-state index is 12.7. The van der Waals surface area contributed by atoms with Gasteiger partial charge in [-0.05, 0) is 37.6 Å². The van der Waals surface area contributed by atoms with Gasteiger partial charge < -0.3 is 19.4 Å². The van der Waals surface area contributed by atoms with Crippen LogP contribution in [0.15, 0.2) is 47.0 Å². The quantitative estimate of drug-likeness (QED) is 0.749. The molecular formula is C21H22N4O3. The summed E-state index contributed by atoms with van der Waals surface area (Å²) in [5.41, 5.74) is 3.07. The second-order valence-electron chi connectivity index (χ2n) is 6.71. The molecule has 1 aromatic carbocycles. The first-order valence-corrected chi connectivity index (χ1v) is 9.25. The lowest BCUT2D eigenvalue weighted by Crippen LogP contribution is -2.36. The first kappa shape index (κ1) is 18.2. The van der Waals surface area contributed by atoms with Crippen LogP contribution in [-0.4, -0.2) is 42.2 Å². The monoisotopic (exact) mass is 378 g/mol. The molecule has 3 heterocycles. The Kier molecular flexibility index (Phi) is 5.08. The molecule has 2 aromatic heterocycles. The zero-order valence-corrected chi connectivity index (χ0v) is 15.9. The number of morpholine rings is 1. The average Bonchev–Trinajstić information content (AvgIpc) is 3.11. The lowest BCUT2D eigenvalue weighted by Gasteiger charge is -2.27. The maximum atomic E-state index is 12.7. The van der Waals surface area contributed by atoms with E-state index in [1.54, 1.807) is 13.1 Å². The van der Waals surface area contributed by atoms with Crippen molar-refractivity contribution in [1.29, 1.82) is 0 Å². The number of carbonyl (C=O) groups excluding carboxylic acids is 1. The summed E-state index contributed by atoms with van der Waals surface area (Å²) < 4.78 is 11.1. The minimum absolute atomic E-state index is 0.204. The van der Waals surface area contributed by atoms with Gasteiger partial charge in [-0.15, -0.1) is 0 Å². The Morgan fingerprint density at radius 3 is 2.61 bits per heavy atom. The highest BCUT2D eigenvalue weighted by Crippen LogP contribution is 2.25. The van der Waals surface area contributed by atoms with Gasteiger partial charge in [-0.25, -0.2) is 9.97 Å². The molecule has 1 aliphatic rings. The minimum atomic E-state index is -0.342. The zero-order valence-electron chi connectivity index (χ0n) is 15.9. The Morgan fingerprint density at radius 1 is 1.11 bits per heavy atom. The fourth-order valence-electron chi connectivity index (χ4n) is 3.16. The highest BCUT2D eigenvalue weighted by molar-refractivity contribution is 6.03. The van der Waals surface area contributed by atoms with Crippen LogP contribution in [-0.2, 0) is 4.74 Å². The van der Waals surface area contributed by atoms with E-state index in [4.69, 9.17) is 9.15 Å². The molecule has 0 atom stereocenters. The van der Waals surface area contributed by atoms with Crippen molar-refractivity contribution in [3.05, 3.63) is 59.6 Å². The van der Waals surface area contributed by atoms with Crippen molar-refractivity contribution in [2.24, 2.45) is 0 Å². The molecule has 7 heteroatoms. The van der Waals surface area contributed by atoms with Crippen LogP contribution in [0.3, 0.4) is 0 Å². The highest BCUT2D eigenvalue weighted by Gasteiger charge is 2.20. The molecule has 0 aliphatic carbocycles. The summed E-state index contributed by atoms with van der Waals surface area (Å²) in [7, 11) is 0. The van der Waals surface area contributed by atoms with Crippen LogP contribution in [0, 0.1) is 13.8 Å². The summed E-state index contributed by atoms with van der Waals surface area (Å²) in [6.07, 6.45) is 1.65. The van der Waals surface area contributed by atoms with Crippen LogP contribution in [0.25, 0.3) is 11.5 Å². The van der Waals surface area contributed by atoms with E-state index in [0.29, 0.717) is 30.5 Å². The number of ether oxygens (including phenoxy) is 1. The molecular weight excluding hydrogens is 356 g/mol. The van der Waals surface area contributed by atoms with E-state index in [-0.39, 0.29) is 11.7 Å². The lowest BCUT2D eigenvalue weighted by molar-refractivity contribution is 0.0996. The molecule has 0 unspecified atom stereocenters. The first-order chi connectivity index (χ1) is 13.6. The van der Waals surface area contributed by atoms with Gasteiger partial charge in [0.2, 0.25) is 11.7 Å². The Hall–Kier alpha value is -3.19. The van der Waals surface area contributed by atoms with E-state index in [1.807, 2.05) is 43.3 Å². The van der Waals surface area contributed by atoms with E-state index < -0.39 is 0 Å². The zero-order chi connectivity index (χ0) is 19.5. The number of anilines is 2. The van der Waals surface area contributed by atoms with Gasteiger partial charge in [0.05, 0.1) is 30.8 Å². The van der Waals surface area contributed by atoms with Crippen LogP contribution in [0.5, 0.6) is 0 Å². The minimum Gasteiger partial charge on any atom is -0.431 e. The molecule has 0 saturated carbocycles. The number of aryl methyl sites for hydroxylation is 2. The Balaban J connectivity index is 1.49. The van der Waals surface area contributed by atoms with Gasteiger partial charge in [-0.1, -0.05) is 18.2 Å². The summed E-state index contributed by atoms with van der Waals surface area (Å²) in [5, 5.41) is 2.83. The number of rotatable bonds is 4. The molecule has 0 bridgehead atoms. The van der Waals surface area contributed by atoms with Gasteiger partial charge in [0, 0.05) is 18.7 Å². The predicted octanol–water partition coefficient (Wildman–Crippen LogP) is 3.44. The van der Waals surface area contributed by atoms with Crippen LogP contribution >= 0.6 is 0 Å². The Bertz CT molecular complexity index is 976. The molecule has 1 aliphatic heterocycles. The largest absolute Gasteiger partial charge is 0.431 e. The number of benzene rings is 1. The molecule has 144 valence electrons.